The van der Waals surface area contributed by atoms with Crippen LogP contribution in [0.4, 0.5) is 0 Å². The maximum absolute atomic E-state index is 11.9. The number of aromatic hydroxyl groups is 1. The van der Waals surface area contributed by atoms with E-state index in [9.17, 15) is 14.7 Å². The average Bonchev–Trinajstić information content (AvgIpc) is 2.77. The Morgan fingerprint density at radius 3 is 2.64 bits per heavy atom. The van der Waals surface area contributed by atoms with Crippen molar-refractivity contribution in [2.24, 2.45) is 0 Å². The number of hydrogen-bond acceptors (Lipinski definition) is 4. The Kier molecular flexibility index (Phi) is 4.67. The minimum absolute atomic E-state index is 0.0263. The first kappa shape index (κ1) is 15.8. The van der Waals surface area contributed by atoms with Gasteiger partial charge in [0.1, 0.15) is 12.3 Å². The molecule has 0 spiro atoms. The number of hydrogen-bond donors (Lipinski definition) is 3. The molecule has 0 unspecified atom stereocenters. The smallest absolute Gasteiger partial charge is 0.273 e. The number of benzene rings is 1. The first-order valence-electron chi connectivity index (χ1n) is 6.45. The van der Waals surface area contributed by atoms with Crippen molar-refractivity contribution in [3.05, 3.63) is 46.2 Å². The Labute approximate surface area is 131 Å². The number of aryl methyl sites for hydroxylation is 2. The third-order valence-electron chi connectivity index (χ3n) is 2.92. The van der Waals surface area contributed by atoms with E-state index in [1.54, 1.807) is 0 Å². The molecule has 3 N–H and O–H groups in total. The molecule has 22 heavy (non-hydrogen) atoms. The predicted octanol–water partition coefficient (Wildman–Crippen LogP) is 1.32. The van der Waals surface area contributed by atoms with Gasteiger partial charge in [-0.2, -0.15) is 5.10 Å². The van der Waals surface area contributed by atoms with Gasteiger partial charge in [-0.3, -0.25) is 25.1 Å². The number of carbonyl (C=O) groups excluding carboxylic acids is 2. The van der Waals surface area contributed by atoms with Crippen molar-refractivity contribution in [2.45, 2.75) is 20.4 Å². The van der Waals surface area contributed by atoms with Gasteiger partial charge in [0.05, 0.1) is 11.3 Å². The molecular weight excluding hydrogens is 308 g/mol. The molecule has 0 aliphatic heterocycles. The summed E-state index contributed by atoms with van der Waals surface area (Å²) in [6.07, 6.45) is 0. The fourth-order valence-corrected chi connectivity index (χ4v) is 2.07. The third kappa shape index (κ3) is 3.76. The van der Waals surface area contributed by atoms with E-state index in [2.05, 4.69) is 16.0 Å². The number of nitrogens with one attached hydrogen (secondary N) is 2. The zero-order chi connectivity index (χ0) is 16.3. The molecule has 0 bridgehead atoms. The molecule has 0 radical (unpaired) electrons. The Morgan fingerprint density at radius 1 is 1.27 bits per heavy atom. The quantitative estimate of drug-likeness (QED) is 0.743. The van der Waals surface area contributed by atoms with Gasteiger partial charge in [-0.1, -0.05) is 11.6 Å². The molecular formula is C14H15ClN4O3. The Balaban J connectivity index is 1.95. The maximum atomic E-state index is 11.9. The summed E-state index contributed by atoms with van der Waals surface area (Å²) in [6.45, 7) is 3.63. The zero-order valence-corrected chi connectivity index (χ0v) is 12.8. The number of amides is 2. The van der Waals surface area contributed by atoms with Gasteiger partial charge in [0.2, 0.25) is 0 Å². The molecule has 0 fully saturated rings. The van der Waals surface area contributed by atoms with E-state index in [0.717, 1.165) is 11.4 Å². The van der Waals surface area contributed by atoms with E-state index in [4.69, 9.17) is 11.6 Å². The molecule has 2 rings (SSSR count). The lowest BCUT2D eigenvalue weighted by Crippen LogP contribution is -2.43. The van der Waals surface area contributed by atoms with Gasteiger partial charge in [-0.05, 0) is 38.1 Å². The molecule has 0 aliphatic rings. The second-order valence-electron chi connectivity index (χ2n) is 4.75. The van der Waals surface area contributed by atoms with Crippen molar-refractivity contribution in [3.63, 3.8) is 0 Å². The molecule has 2 amide bonds. The van der Waals surface area contributed by atoms with Crippen LogP contribution in [0, 0.1) is 13.8 Å². The minimum atomic E-state index is -0.665. The summed E-state index contributed by atoms with van der Waals surface area (Å²) >= 11 is 5.76. The van der Waals surface area contributed by atoms with Crippen LogP contribution in [0.3, 0.4) is 0 Å². The zero-order valence-electron chi connectivity index (χ0n) is 12.1. The lowest BCUT2D eigenvalue weighted by Gasteiger charge is -2.09. The van der Waals surface area contributed by atoms with E-state index in [-0.39, 0.29) is 17.9 Å². The van der Waals surface area contributed by atoms with Gasteiger partial charge < -0.3 is 5.11 Å². The molecule has 8 heteroatoms. The van der Waals surface area contributed by atoms with Gasteiger partial charge in [0.25, 0.3) is 11.8 Å². The number of carbonyl (C=O) groups is 2. The van der Waals surface area contributed by atoms with Crippen LogP contribution in [-0.4, -0.2) is 26.7 Å². The molecule has 1 aromatic heterocycles. The number of phenols is 1. The van der Waals surface area contributed by atoms with Crippen LogP contribution in [-0.2, 0) is 11.3 Å². The van der Waals surface area contributed by atoms with Crippen LogP contribution in [0.1, 0.15) is 21.7 Å². The number of phenolic OH excluding ortho intramolecular Hbond substituents is 1. The molecule has 116 valence electrons. The highest BCUT2D eigenvalue weighted by molar-refractivity contribution is 6.31. The van der Waals surface area contributed by atoms with Crippen LogP contribution in [0.25, 0.3) is 0 Å². The van der Waals surface area contributed by atoms with Crippen LogP contribution in [0.15, 0.2) is 24.3 Å². The monoisotopic (exact) mass is 322 g/mol. The van der Waals surface area contributed by atoms with Crippen molar-refractivity contribution in [2.75, 3.05) is 0 Å². The minimum Gasteiger partial charge on any atom is -0.507 e. The van der Waals surface area contributed by atoms with Crippen molar-refractivity contribution in [1.82, 2.24) is 20.6 Å². The Bertz CT molecular complexity index is 727. The highest BCUT2D eigenvalue weighted by atomic mass is 35.5. The normalized spacial score (nSPS) is 10.3. The first-order chi connectivity index (χ1) is 10.4. The molecule has 7 nitrogen and oxygen atoms in total. The summed E-state index contributed by atoms with van der Waals surface area (Å²) in [7, 11) is 0. The topological polar surface area (TPSA) is 96.2 Å². The molecule has 1 aromatic carbocycles. The standard InChI is InChI=1S/C14H15ClN4O3/c1-8-5-9(2)19(18-8)7-13(21)16-17-14(22)11-6-10(15)3-4-12(11)20/h3-6,20H,7H2,1-2H3,(H,16,21)(H,17,22). The van der Waals surface area contributed by atoms with E-state index in [1.807, 2.05) is 19.9 Å². The molecule has 0 aliphatic carbocycles. The van der Waals surface area contributed by atoms with E-state index < -0.39 is 11.8 Å². The molecule has 2 aromatic rings. The summed E-state index contributed by atoms with van der Waals surface area (Å²) in [5.74, 6) is -1.34. The number of nitrogens with zero attached hydrogens (tertiary/aromatic N) is 2. The van der Waals surface area contributed by atoms with Crippen molar-refractivity contribution >= 4 is 23.4 Å². The highest BCUT2D eigenvalue weighted by Gasteiger charge is 2.13. The van der Waals surface area contributed by atoms with Gasteiger partial charge >= 0.3 is 0 Å². The lowest BCUT2D eigenvalue weighted by atomic mass is 10.2. The van der Waals surface area contributed by atoms with Crippen molar-refractivity contribution in [1.29, 1.82) is 0 Å². The number of halogens is 1. The largest absolute Gasteiger partial charge is 0.507 e. The van der Waals surface area contributed by atoms with Gasteiger partial charge in [-0.25, -0.2) is 0 Å². The fraction of sp³-hybridized carbons (Fsp3) is 0.214. The van der Waals surface area contributed by atoms with Crippen molar-refractivity contribution in [3.8, 4) is 5.75 Å². The van der Waals surface area contributed by atoms with Crippen LogP contribution >= 0.6 is 11.6 Å². The second-order valence-corrected chi connectivity index (χ2v) is 5.18. The molecule has 0 saturated heterocycles. The van der Waals surface area contributed by atoms with Gasteiger partial charge in [0.15, 0.2) is 0 Å². The first-order valence-corrected chi connectivity index (χ1v) is 6.83. The predicted molar refractivity (Wildman–Crippen MR) is 80.4 cm³/mol. The van der Waals surface area contributed by atoms with Crippen molar-refractivity contribution < 1.29 is 14.7 Å². The second kappa shape index (κ2) is 6.48. The summed E-state index contributed by atoms with van der Waals surface area (Å²) in [5, 5.41) is 14.0. The summed E-state index contributed by atoms with van der Waals surface area (Å²) < 4.78 is 1.52. The Hall–Kier alpha value is -2.54. The number of hydrazine groups is 1. The molecule has 1 heterocycles. The molecule has 0 atom stereocenters. The van der Waals surface area contributed by atoms with E-state index >= 15 is 0 Å². The highest BCUT2D eigenvalue weighted by Crippen LogP contribution is 2.20. The summed E-state index contributed by atoms with van der Waals surface area (Å²) in [4.78, 5) is 23.7. The van der Waals surface area contributed by atoms with Crippen LogP contribution < -0.4 is 10.9 Å². The van der Waals surface area contributed by atoms with Crippen LogP contribution in [0.5, 0.6) is 5.75 Å². The van der Waals surface area contributed by atoms with Gasteiger partial charge in [0, 0.05) is 10.7 Å². The number of aromatic nitrogens is 2. The molecule has 0 saturated carbocycles. The SMILES string of the molecule is Cc1cc(C)n(CC(=O)NNC(=O)c2cc(Cl)ccc2O)n1. The maximum Gasteiger partial charge on any atom is 0.273 e. The summed E-state index contributed by atoms with van der Waals surface area (Å²) in [6, 6.07) is 5.90. The van der Waals surface area contributed by atoms with Crippen LogP contribution in [0.2, 0.25) is 5.02 Å². The van der Waals surface area contributed by atoms with E-state index in [1.165, 1.54) is 22.9 Å². The average molecular weight is 323 g/mol. The number of rotatable bonds is 3. The Morgan fingerprint density at radius 2 is 2.00 bits per heavy atom. The lowest BCUT2D eigenvalue weighted by molar-refractivity contribution is -0.122. The third-order valence-corrected chi connectivity index (χ3v) is 3.15. The fourth-order valence-electron chi connectivity index (χ4n) is 1.89. The summed E-state index contributed by atoms with van der Waals surface area (Å²) in [5.41, 5.74) is 6.09. The van der Waals surface area contributed by atoms with Gasteiger partial charge in [-0.15, -0.1) is 0 Å². The van der Waals surface area contributed by atoms with E-state index in [0.29, 0.717) is 5.02 Å².